The Morgan fingerprint density at radius 1 is 1.17 bits per heavy atom. The Morgan fingerprint density at radius 2 is 1.83 bits per heavy atom. The van der Waals surface area contributed by atoms with Crippen LogP contribution in [0.4, 0.5) is 11.5 Å². The molecule has 7 nitrogen and oxygen atoms in total. The van der Waals surface area contributed by atoms with Crippen molar-refractivity contribution in [3.05, 3.63) is 47.2 Å². The first-order chi connectivity index (χ1) is 14.1. The smallest absolute Gasteiger partial charge is 0.338 e. The van der Waals surface area contributed by atoms with E-state index in [1.54, 1.807) is 37.3 Å². The third-order valence-electron chi connectivity index (χ3n) is 3.75. The highest BCUT2D eigenvalue weighted by molar-refractivity contribution is 7.98. The summed E-state index contributed by atoms with van der Waals surface area (Å²) in [7, 11) is 0. The van der Waals surface area contributed by atoms with Crippen LogP contribution in [0.15, 0.2) is 35.5 Å². The maximum atomic E-state index is 12.2. The number of thioether (sulfide) groups is 1. The molecule has 0 spiro atoms. The number of hydrogen-bond acceptors (Lipinski definition) is 8. The Kier molecular flexibility index (Phi) is 8.00. The molecule has 0 saturated heterocycles. The quantitative estimate of drug-likeness (QED) is 0.291. The minimum absolute atomic E-state index is 0.305. The minimum atomic E-state index is -0.555. The van der Waals surface area contributed by atoms with Crippen LogP contribution in [0.25, 0.3) is 6.08 Å². The second kappa shape index (κ2) is 10.2. The molecule has 2 aromatic rings. The minimum Gasteiger partial charge on any atom is -0.463 e. The van der Waals surface area contributed by atoms with Crippen LogP contribution >= 0.6 is 11.8 Å². The number of carbonyl (C=O) groups excluding carboxylic acids is 2. The molecule has 1 N–H and O–H groups in total. The molecule has 0 radical (unpaired) electrons. The van der Waals surface area contributed by atoms with Crippen LogP contribution in [0.5, 0.6) is 0 Å². The monoisotopic (exact) mass is 429 g/mol. The Morgan fingerprint density at radius 3 is 2.40 bits per heavy atom. The molecule has 1 heterocycles. The molecule has 0 saturated carbocycles. The predicted molar refractivity (Wildman–Crippen MR) is 119 cm³/mol. The van der Waals surface area contributed by atoms with Gasteiger partial charge in [0.2, 0.25) is 0 Å². The number of benzene rings is 1. The first-order valence-electron chi connectivity index (χ1n) is 9.51. The van der Waals surface area contributed by atoms with Crippen LogP contribution in [0.2, 0.25) is 0 Å². The molecular weight excluding hydrogens is 402 g/mol. The van der Waals surface area contributed by atoms with Gasteiger partial charge in [-0.25, -0.2) is 19.6 Å². The Hall–Kier alpha value is -2.87. The maximum Gasteiger partial charge on any atom is 0.338 e. The van der Waals surface area contributed by atoms with Gasteiger partial charge < -0.3 is 14.8 Å². The topological polar surface area (TPSA) is 90.4 Å². The van der Waals surface area contributed by atoms with Crippen molar-refractivity contribution < 1.29 is 19.1 Å². The average Bonchev–Trinajstić information content (AvgIpc) is 2.66. The molecule has 0 aliphatic rings. The van der Waals surface area contributed by atoms with E-state index in [0.29, 0.717) is 28.7 Å². The summed E-state index contributed by atoms with van der Waals surface area (Å²) in [5.74, 6) is -0.259. The van der Waals surface area contributed by atoms with Crippen molar-refractivity contribution in [2.75, 3.05) is 18.2 Å². The van der Waals surface area contributed by atoms with E-state index in [1.165, 1.54) is 17.8 Å². The van der Waals surface area contributed by atoms with E-state index >= 15 is 0 Å². The molecular formula is C22H27N3O4S. The number of aromatic nitrogens is 2. The first-order valence-corrected chi connectivity index (χ1v) is 10.7. The van der Waals surface area contributed by atoms with Crippen molar-refractivity contribution in [1.29, 1.82) is 0 Å². The lowest BCUT2D eigenvalue weighted by atomic mass is 10.1. The summed E-state index contributed by atoms with van der Waals surface area (Å²) in [4.78, 5) is 32.9. The lowest BCUT2D eigenvalue weighted by molar-refractivity contribution is -0.137. The molecule has 0 fully saturated rings. The number of carbonyl (C=O) groups is 2. The van der Waals surface area contributed by atoms with Gasteiger partial charge in [0.15, 0.2) is 5.16 Å². The largest absolute Gasteiger partial charge is 0.463 e. The summed E-state index contributed by atoms with van der Waals surface area (Å²) < 4.78 is 10.3. The van der Waals surface area contributed by atoms with E-state index in [9.17, 15) is 9.59 Å². The van der Waals surface area contributed by atoms with Gasteiger partial charge in [-0.1, -0.05) is 11.8 Å². The summed E-state index contributed by atoms with van der Waals surface area (Å²) in [6.45, 7) is 9.39. The molecule has 0 atom stereocenters. The Labute approximate surface area is 181 Å². The van der Waals surface area contributed by atoms with Crippen molar-refractivity contribution in [2.24, 2.45) is 0 Å². The third-order valence-corrected chi connectivity index (χ3v) is 4.30. The van der Waals surface area contributed by atoms with E-state index < -0.39 is 11.6 Å². The van der Waals surface area contributed by atoms with Gasteiger partial charge in [-0.3, -0.25) is 0 Å². The number of hydrogen-bond donors (Lipinski definition) is 1. The molecule has 0 unspecified atom stereocenters. The van der Waals surface area contributed by atoms with Crippen molar-refractivity contribution in [3.63, 3.8) is 0 Å². The first kappa shape index (κ1) is 23.4. The fourth-order valence-corrected chi connectivity index (χ4v) is 2.86. The van der Waals surface area contributed by atoms with Crippen LogP contribution in [-0.2, 0) is 14.3 Å². The zero-order valence-corrected chi connectivity index (χ0v) is 18.9. The molecule has 1 aromatic heterocycles. The van der Waals surface area contributed by atoms with Gasteiger partial charge >= 0.3 is 11.9 Å². The average molecular weight is 430 g/mol. The van der Waals surface area contributed by atoms with E-state index in [0.717, 1.165) is 11.4 Å². The highest BCUT2D eigenvalue weighted by Gasteiger charge is 2.18. The molecule has 1 aromatic carbocycles. The summed E-state index contributed by atoms with van der Waals surface area (Å²) in [6, 6.07) is 6.92. The number of nitrogens with one attached hydrogen (secondary N) is 1. The van der Waals surface area contributed by atoms with Crippen LogP contribution < -0.4 is 5.32 Å². The summed E-state index contributed by atoms with van der Waals surface area (Å²) >= 11 is 1.42. The van der Waals surface area contributed by atoms with Gasteiger partial charge in [0.05, 0.1) is 17.9 Å². The second-order valence-corrected chi connectivity index (χ2v) is 8.12. The molecule has 0 aliphatic carbocycles. The Balaban J connectivity index is 2.29. The van der Waals surface area contributed by atoms with Crippen LogP contribution in [0, 0.1) is 6.92 Å². The number of ether oxygens (including phenoxy) is 2. The molecule has 160 valence electrons. The number of nitrogens with zero attached hydrogens (tertiary/aromatic N) is 2. The van der Waals surface area contributed by atoms with Crippen molar-refractivity contribution in [1.82, 2.24) is 9.97 Å². The zero-order valence-electron chi connectivity index (χ0n) is 18.1. The lowest BCUT2D eigenvalue weighted by Gasteiger charge is -2.19. The standard InChI is InChI=1S/C22H27N3O4S/c1-7-28-18(26)13-12-17-14(2)23-21(30-6)25-19(17)24-16-10-8-15(9-11-16)20(27)29-22(3,4)5/h8-13H,7H2,1-6H3,(H,23,24,25). The van der Waals surface area contributed by atoms with Crippen molar-refractivity contribution in [3.8, 4) is 0 Å². The van der Waals surface area contributed by atoms with E-state index in [1.807, 2.05) is 34.0 Å². The van der Waals surface area contributed by atoms with Gasteiger partial charge in [0.1, 0.15) is 11.4 Å². The van der Waals surface area contributed by atoms with E-state index in [4.69, 9.17) is 9.47 Å². The maximum absolute atomic E-state index is 12.2. The fourth-order valence-electron chi connectivity index (χ4n) is 2.45. The summed E-state index contributed by atoms with van der Waals surface area (Å²) in [5.41, 5.74) is 2.04. The van der Waals surface area contributed by atoms with Crippen LogP contribution in [-0.4, -0.2) is 40.4 Å². The zero-order chi connectivity index (χ0) is 22.3. The lowest BCUT2D eigenvalue weighted by Crippen LogP contribution is -2.23. The number of aryl methyl sites for hydroxylation is 1. The molecule has 0 amide bonds. The molecule has 2 rings (SSSR count). The van der Waals surface area contributed by atoms with Crippen LogP contribution in [0.3, 0.4) is 0 Å². The van der Waals surface area contributed by atoms with Crippen LogP contribution in [0.1, 0.15) is 49.3 Å². The number of anilines is 2. The Bertz CT molecular complexity index is 935. The predicted octanol–water partition coefficient (Wildman–Crippen LogP) is 4.78. The van der Waals surface area contributed by atoms with E-state index in [2.05, 4.69) is 15.3 Å². The van der Waals surface area contributed by atoms with Crippen molar-refractivity contribution >= 4 is 41.3 Å². The summed E-state index contributed by atoms with van der Waals surface area (Å²) in [6.07, 6.45) is 4.88. The summed E-state index contributed by atoms with van der Waals surface area (Å²) in [5, 5.41) is 3.84. The van der Waals surface area contributed by atoms with Gasteiger partial charge in [0.25, 0.3) is 0 Å². The fraction of sp³-hybridized carbons (Fsp3) is 0.364. The van der Waals surface area contributed by atoms with Gasteiger partial charge in [-0.05, 0) is 71.2 Å². The highest BCUT2D eigenvalue weighted by atomic mass is 32.2. The molecule has 0 aliphatic heterocycles. The molecule has 30 heavy (non-hydrogen) atoms. The molecule has 8 heteroatoms. The van der Waals surface area contributed by atoms with Gasteiger partial charge in [0, 0.05) is 17.3 Å². The normalized spacial score (nSPS) is 11.4. The van der Waals surface area contributed by atoms with E-state index in [-0.39, 0.29) is 5.97 Å². The van der Waals surface area contributed by atoms with Gasteiger partial charge in [-0.15, -0.1) is 0 Å². The molecule has 0 bridgehead atoms. The van der Waals surface area contributed by atoms with Gasteiger partial charge in [-0.2, -0.15) is 0 Å². The SMILES string of the molecule is CCOC(=O)C=Cc1c(C)nc(SC)nc1Nc1ccc(C(=O)OC(C)(C)C)cc1. The van der Waals surface area contributed by atoms with Crippen molar-refractivity contribution in [2.45, 2.75) is 45.4 Å². The second-order valence-electron chi connectivity index (χ2n) is 7.35. The number of rotatable bonds is 7. The highest BCUT2D eigenvalue weighted by Crippen LogP contribution is 2.25. The number of esters is 2. The third kappa shape index (κ3) is 6.88.